The number of fused-ring (bicyclic) bond motifs is 1. The van der Waals surface area contributed by atoms with Gasteiger partial charge in [-0.05, 0) is 17.0 Å². The van der Waals surface area contributed by atoms with Crippen LogP contribution in [0.25, 0.3) is 10.8 Å². The van der Waals surface area contributed by atoms with Gasteiger partial charge in [0.15, 0.2) is 0 Å². The number of rotatable bonds is 1. The van der Waals surface area contributed by atoms with Crippen LogP contribution in [0.1, 0.15) is 5.56 Å². The minimum atomic E-state index is 0.553. The van der Waals surface area contributed by atoms with Gasteiger partial charge in [-0.1, -0.05) is 41.9 Å². The van der Waals surface area contributed by atoms with Gasteiger partial charge in [0.2, 0.25) is 0 Å². The molecule has 2 rings (SSSR count). The normalized spacial score (nSPS) is 10.6. The Bertz CT molecular complexity index is 437. The van der Waals surface area contributed by atoms with Crippen LogP contribution in [0, 0.1) is 0 Å². The minimum Gasteiger partial charge on any atom is -0.326 e. The predicted molar refractivity (Wildman–Crippen MR) is 56.8 cm³/mol. The maximum absolute atomic E-state index is 6.05. The highest BCUT2D eigenvalue weighted by Crippen LogP contribution is 2.25. The number of halogens is 1. The fourth-order valence-corrected chi connectivity index (χ4v) is 1.75. The molecule has 2 aromatic carbocycles. The Morgan fingerprint density at radius 2 is 1.69 bits per heavy atom. The van der Waals surface area contributed by atoms with Gasteiger partial charge < -0.3 is 5.73 Å². The van der Waals surface area contributed by atoms with Crippen LogP contribution >= 0.6 is 11.6 Å². The molecule has 0 aliphatic carbocycles. The van der Waals surface area contributed by atoms with Crippen molar-refractivity contribution < 1.29 is 0 Å². The molecular formula is C11H10ClN. The summed E-state index contributed by atoms with van der Waals surface area (Å²) in [4.78, 5) is 0. The number of hydrogen-bond donors (Lipinski definition) is 1. The molecule has 2 heteroatoms. The van der Waals surface area contributed by atoms with Crippen molar-refractivity contribution in [2.45, 2.75) is 6.54 Å². The number of nitrogens with two attached hydrogens (primary N) is 1. The lowest BCUT2D eigenvalue weighted by Crippen LogP contribution is -1.96. The van der Waals surface area contributed by atoms with Gasteiger partial charge in [0.25, 0.3) is 0 Å². The van der Waals surface area contributed by atoms with E-state index in [1.54, 1.807) is 0 Å². The standard InChI is InChI=1S/C11H10ClN/c12-11-6-2-4-9-8(7-13)3-1-5-10(9)11/h1-6H,7,13H2. The van der Waals surface area contributed by atoms with Crippen LogP contribution in [-0.2, 0) is 6.54 Å². The van der Waals surface area contributed by atoms with E-state index in [-0.39, 0.29) is 0 Å². The molecule has 2 aromatic rings. The number of hydrogen-bond acceptors (Lipinski definition) is 1. The van der Waals surface area contributed by atoms with E-state index >= 15 is 0 Å². The van der Waals surface area contributed by atoms with Gasteiger partial charge in [0, 0.05) is 17.0 Å². The Kier molecular flexibility index (Phi) is 2.21. The zero-order chi connectivity index (χ0) is 9.26. The monoisotopic (exact) mass is 191 g/mol. The first kappa shape index (κ1) is 8.54. The molecule has 0 atom stereocenters. The lowest BCUT2D eigenvalue weighted by molar-refractivity contribution is 1.09. The van der Waals surface area contributed by atoms with E-state index in [0.717, 1.165) is 21.4 Å². The molecule has 66 valence electrons. The second-order valence-corrected chi connectivity index (χ2v) is 3.36. The van der Waals surface area contributed by atoms with Crippen LogP contribution in [-0.4, -0.2) is 0 Å². The van der Waals surface area contributed by atoms with Crippen LogP contribution in [0.2, 0.25) is 5.02 Å². The summed E-state index contributed by atoms with van der Waals surface area (Å²) in [5, 5.41) is 3.01. The second-order valence-electron chi connectivity index (χ2n) is 2.96. The minimum absolute atomic E-state index is 0.553. The molecule has 0 saturated heterocycles. The Hall–Kier alpha value is -1.05. The van der Waals surface area contributed by atoms with E-state index in [2.05, 4.69) is 0 Å². The largest absolute Gasteiger partial charge is 0.326 e. The van der Waals surface area contributed by atoms with Gasteiger partial charge in [0.1, 0.15) is 0 Å². The van der Waals surface area contributed by atoms with Crippen molar-refractivity contribution in [2.24, 2.45) is 5.73 Å². The zero-order valence-electron chi connectivity index (χ0n) is 7.13. The average Bonchev–Trinajstić information content (AvgIpc) is 2.18. The Labute approximate surface area is 82.1 Å². The molecule has 0 aliphatic heterocycles. The molecule has 2 N–H and O–H groups in total. The maximum Gasteiger partial charge on any atom is 0.0484 e. The summed E-state index contributed by atoms with van der Waals surface area (Å²) in [6, 6.07) is 11.9. The molecule has 0 spiro atoms. The van der Waals surface area contributed by atoms with E-state index < -0.39 is 0 Å². The summed E-state index contributed by atoms with van der Waals surface area (Å²) in [5.41, 5.74) is 6.76. The molecule has 1 nitrogen and oxygen atoms in total. The first-order valence-electron chi connectivity index (χ1n) is 4.19. The van der Waals surface area contributed by atoms with Crippen molar-refractivity contribution in [3.05, 3.63) is 47.0 Å². The van der Waals surface area contributed by atoms with Crippen LogP contribution < -0.4 is 5.73 Å². The summed E-state index contributed by atoms with van der Waals surface area (Å²) in [6.07, 6.45) is 0. The number of benzene rings is 2. The Morgan fingerprint density at radius 3 is 2.46 bits per heavy atom. The van der Waals surface area contributed by atoms with Crippen molar-refractivity contribution in [3.8, 4) is 0 Å². The van der Waals surface area contributed by atoms with Crippen LogP contribution in [0.3, 0.4) is 0 Å². The smallest absolute Gasteiger partial charge is 0.0484 e. The molecule has 0 saturated carbocycles. The van der Waals surface area contributed by atoms with Gasteiger partial charge in [-0.25, -0.2) is 0 Å². The third kappa shape index (κ3) is 1.41. The Balaban J connectivity index is 2.84. The Morgan fingerprint density at radius 1 is 1.00 bits per heavy atom. The lowest BCUT2D eigenvalue weighted by Gasteiger charge is -2.04. The third-order valence-electron chi connectivity index (χ3n) is 2.18. The quantitative estimate of drug-likeness (QED) is 0.737. The SMILES string of the molecule is NCc1cccc2c(Cl)cccc12. The van der Waals surface area contributed by atoms with E-state index in [9.17, 15) is 0 Å². The molecule has 0 radical (unpaired) electrons. The highest BCUT2D eigenvalue weighted by Gasteiger charge is 2.00. The molecule has 0 bridgehead atoms. The summed E-state index contributed by atoms with van der Waals surface area (Å²) in [7, 11) is 0. The molecule has 0 aromatic heterocycles. The van der Waals surface area contributed by atoms with Crippen molar-refractivity contribution in [1.82, 2.24) is 0 Å². The summed E-state index contributed by atoms with van der Waals surface area (Å²) >= 11 is 6.05. The lowest BCUT2D eigenvalue weighted by atomic mass is 10.0. The van der Waals surface area contributed by atoms with E-state index in [1.807, 2.05) is 36.4 Å². The van der Waals surface area contributed by atoms with E-state index in [0.29, 0.717) is 6.54 Å². The van der Waals surface area contributed by atoms with Gasteiger partial charge in [0.05, 0.1) is 0 Å². The molecule has 0 aliphatic rings. The van der Waals surface area contributed by atoms with Gasteiger partial charge in [-0.2, -0.15) is 0 Å². The first-order chi connectivity index (χ1) is 6.33. The third-order valence-corrected chi connectivity index (χ3v) is 2.51. The zero-order valence-corrected chi connectivity index (χ0v) is 7.88. The molecule has 0 fully saturated rings. The van der Waals surface area contributed by atoms with Crippen LogP contribution in [0.5, 0.6) is 0 Å². The van der Waals surface area contributed by atoms with Crippen molar-refractivity contribution in [2.75, 3.05) is 0 Å². The van der Waals surface area contributed by atoms with E-state index in [4.69, 9.17) is 17.3 Å². The molecular weight excluding hydrogens is 182 g/mol. The van der Waals surface area contributed by atoms with Crippen molar-refractivity contribution in [3.63, 3.8) is 0 Å². The van der Waals surface area contributed by atoms with Gasteiger partial charge >= 0.3 is 0 Å². The van der Waals surface area contributed by atoms with Gasteiger partial charge in [-0.15, -0.1) is 0 Å². The molecule has 0 amide bonds. The summed E-state index contributed by atoms with van der Waals surface area (Å²) < 4.78 is 0. The fraction of sp³-hybridized carbons (Fsp3) is 0.0909. The highest BCUT2D eigenvalue weighted by atomic mass is 35.5. The highest BCUT2D eigenvalue weighted by molar-refractivity contribution is 6.35. The van der Waals surface area contributed by atoms with Crippen molar-refractivity contribution >= 4 is 22.4 Å². The maximum atomic E-state index is 6.05. The predicted octanol–water partition coefficient (Wildman–Crippen LogP) is 2.95. The van der Waals surface area contributed by atoms with Crippen LogP contribution in [0.15, 0.2) is 36.4 Å². The molecule has 13 heavy (non-hydrogen) atoms. The average molecular weight is 192 g/mol. The first-order valence-corrected chi connectivity index (χ1v) is 4.57. The van der Waals surface area contributed by atoms with E-state index in [1.165, 1.54) is 0 Å². The summed E-state index contributed by atoms with van der Waals surface area (Å²) in [6.45, 7) is 0.553. The van der Waals surface area contributed by atoms with Crippen LogP contribution in [0.4, 0.5) is 0 Å². The van der Waals surface area contributed by atoms with Gasteiger partial charge in [-0.3, -0.25) is 0 Å². The molecule has 0 heterocycles. The summed E-state index contributed by atoms with van der Waals surface area (Å²) in [5.74, 6) is 0. The fourth-order valence-electron chi connectivity index (χ4n) is 1.51. The molecule has 0 unspecified atom stereocenters. The second kappa shape index (κ2) is 3.36. The van der Waals surface area contributed by atoms with Crippen molar-refractivity contribution in [1.29, 1.82) is 0 Å². The topological polar surface area (TPSA) is 26.0 Å².